The minimum atomic E-state index is -0.361. The second kappa shape index (κ2) is 7.02. The Balaban J connectivity index is 1.62. The quantitative estimate of drug-likeness (QED) is 0.843. The van der Waals surface area contributed by atoms with E-state index < -0.39 is 0 Å². The highest BCUT2D eigenvalue weighted by Gasteiger charge is 2.49. The summed E-state index contributed by atoms with van der Waals surface area (Å²) in [5, 5.41) is 7.46. The number of hydrogen-bond acceptors (Lipinski definition) is 4. The van der Waals surface area contributed by atoms with E-state index in [1.807, 2.05) is 51.1 Å². The Kier molecular flexibility index (Phi) is 5.06. The molecular weight excluding hydrogens is 340 g/mol. The number of benzene rings is 1. The van der Waals surface area contributed by atoms with Crippen LogP contribution >= 0.6 is 0 Å². The van der Waals surface area contributed by atoms with Crippen LogP contribution in [0.3, 0.4) is 0 Å². The van der Waals surface area contributed by atoms with Crippen molar-refractivity contribution in [3.05, 3.63) is 36.0 Å². The van der Waals surface area contributed by atoms with Gasteiger partial charge in [0, 0.05) is 23.1 Å². The van der Waals surface area contributed by atoms with E-state index >= 15 is 0 Å². The summed E-state index contributed by atoms with van der Waals surface area (Å²) in [7, 11) is 1.65. The van der Waals surface area contributed by atoms with E-state index in [0.717, 1.165) is 35.6 Å². The molecule has 1 fully saturated rings. The molecule has 3 rings (SSSR count). The number of amides is 1. The van der Waals surface area contributed by atoms with Crippen LogP contribution < -0.4 is 10.1 Å². The number of hydrogen-bond donors (Lipinski definition) is 1. The second-order valence-electron chi connectivity index (χ2n) is 9.15. The van der Waals surface area contributed by atoms with Crippen LogP contribution in [0.4, 0.5) is 0 Å². The summed E-state index contributed by atoms with van der Waals surface area (Å²) in [6.07, 6.45) is 1.83. The van der Waals surface area contributed by atoms with Gasteiger partial charge in [0.25, 0.3) is 0 Å². The lowest BCUT2D eigenvalue weighted by Crippen LogP contribution is -2.60. The third-order valence-electron chi connectivity index (χ3n) is 5.85. The maximum Gasteiger partial charge on any atom is 0.225 e. The van der Waals surface area contributed by atoms with Crippen LogP contribution in [0.1, 0.15) is 46.7 Å². The van der Waals surface area contributed by atoms with E-state index in [1.165, 1.54) is 0 Å². The molecular formula is C22H30N2O3. The summed E-state index contributed by atoms with van der Waals surface area (Å²) in [5.74, 6) is 2.17. The molecule has 1 amide bonds. The second-order valence-corrected chi connectivity index (χ2v) is 9.15. The first kappa shape index (κ1) is 19.5. The minimum absolute atomic E-state index is 0.0418. The zero-order valence-electron chi connectivity index (χ0n) is 17.1. The van der Waals surface area contributed by atoms with Crippen LogP contribution in [-0.2, 0) is 11.2 Å². The number of nitrogens with one attached hydrogen (secondary N) is 1. The summed E-state index contributed by atoms with van der Waals surface area (Å²) in [6, 6.07) is 9.98. The molecule has 0 radical (unpaired) electrons. The number of carbonyl (C=O) groups excluding carboxylic acids is 1. The fraction of sp³-hybridized carbons (Fsp3) is 0.545. The van der Waals surface area contributed by atoms with Gasteiger partial charge in [0.05, 0.1) is 12.8 Å². The Morgan fingerprint density at radius 1 is 1.30 bits per heavy atom. The van der Waals surface area contributed by atoms with Crippen LogP contribution in [0, 0.1) is 16.7 Å². The fourth-order valence-electron chi connectivity index (χ4n) is 3.53. The van der Waals surface area contributed by atoms with Crippen LogP contribution in [0.5, 0.6) is 5.75 Å². The maximum absolute atomic E-state index is 12.3. The lowest BCUT2D eigenvalue weighted by molar-refractivity contribution is -0.133. The van der Waals surface area contributed by atoms with Gasteiger partial charge in [-0.25, -0.2) is 0 Å². The van der Waals surface area contributed by atoms with Crippen molar-refractivity contribution in [1.29, 1.82) is 0 Å². The molecule has 2 unspecified atom stereocenters. The average molecular weight is 370 g/mol. The third kappa shape index (κ3) is 4.02. The molecule has 0 bridgehead atoms. The molecule has 0 saturated heterocycles. The topological polar surface area (TPSA) is 64.4 Å². The highest BCUT2D eigenvalue weighted by atomic mass is 16.5. The lowest BCUT2D eigenvalue weighted by Gasteiger charge is -2.52. The first-order chi connectivity index (χ1) is 12.6. The predicted octanol–water partition coefficient (Wildman–Crippen LogP) is 4.47. The molecule has 1 aliphatic rings. The number of aromatic nitrogens is 1. The summed E-state index contributed by atoms with van der Waals surface area (Å²) < 4.78 is 10.7. The van der Waals surface area contributed by atoms with E-state index in [1.54, 1.807) is 7.11 Å². The molecule has 1 aromatic heterocycles. The molecule has 2 aromatic rings. The Morgan fingerprint density at radius 3 is 2.52 bits per heavy atom. The van der Waals surface area contributed by atoms with Crippen LogP contribution in [0.25, 0.3) is 11.3 Å². The molecule has 1 aromatic carbocycles. The van der Waals surface area contributed by atoms with Crippen molar-refractivity contribution in [2.45, 2.75) is 53.5 Å². The summed E-state index contributed by atoms with van der Waals surface area (Å²) in [4.78, 5) is 12.3. The van der Waals surface area contributed by atoms with Gasteiger partial charge in [-0.2, -0.15) is 0 Å². The molecule has 1 N–H and O–H groups in total. The largest absolute Gasteiger partial charge is 0.497 e. The Labute approximate surface area is 161 Å². The zero-order chi connectivity index (χ0) is 19.8. The van der Waals surface area contributed by atoms with Gasteiger partial charge in [-0.05, 0) is 48.4 Å². The van der Waals surface area contributed by atoms with E-state index in [9.17, 15) is 4.79 Å². The molecule has 27 heavy (non-hydrogen) atoms. The van der Waals surface area contributed by atoms with E-state index in [0.29, 0.717) is 5.92 Å². The van der Waals surface area contributed by atoms with Crippen molar-refractivity contribution < 1.29 is 14.1 Å². The van der Waals surface area contributed by atoms with E-state index in [4.69, 9.17) is 9.26 Å². The van der Waals surface area contributed by atoms with Gasteiger partial charge in [0.15, 0.2) is 5.76 Å². The van der Waals surface area contributed by atoms with Gasteiger partial charge in [-0.1, -0.05) is 39.8 Å². The standard InChI is InChI=1S/C22H30N2O3/c1-21(2,3)20(25)23-19-12-15(22(19,4)5)11-16-13-18(27-24-16)14-7-9-17(26-6)10-8-14/h7-10,13,15,19H,11-12H2,1-6H3,(H,23,25). The number of nitrogens with zero attached hydrogens (tertiary/aromatic N) is 1. The monoisotopic (exact) mass is 370 g/mol. The number of methoxy groups -OCH3 is 1. The molecule has 2 atom stereocenters. The van der Waals surface area contributed by atoms with Gasteiger partial charge in [0.1, 0.15) is 5.75 Å². The predicted molar refractivity (Wildman–Crippen MR) is 105 cm³/mol. The van der Waals surface area contributed by atoms with Crippen molar-refractivity contribution in [2.75, 3.05) is 7.11 Å². The first-order valence-corrected chi connectivity index (χ1v) is 9.52. The molecule has 0 spiro atoms. The maximum atomic E-state index is 12.3. The Hall–Kier alpha value is -2.30. The summed E-state index contributed by atoms with van der Waals surface area (Å²) in [5.41, 5.74) is 1.62. The van der Waals surface area contributed by atoms with Gasteiger partial charge >= 0.3 is 0 Å². The highest BCUT2D eigenvalue weighted by Crippen LogP contribution is 2.48. The highest BCUT2D eigenvalue weighted by molar-refractivity contribution is 5.81. The van der Waals surface area contributed by atoms with Gasteiger partial charge < -0.3 is 14.6 Å². The number of carbonyl (C=O) groups is 1. The van der Waals surface area contributed by atoms with Gasteiger partial charge in [-0.15, -0.1) is 0 Å². The average Bonchev–Trinajstić information content (AvgIpc) is 3.08. The SMILES string of the molecule is COc1ccc(-c2cc(CC3CC(NC(=O)C(C)(C)C)C3(C)C)no2)cc1. The molecule has 1 saturated carbocycles. The van der Waals surface area contributed by atoms with E-state index in [2.05, 4.69) is 24.3 Å². The van der Waals surface area contributed by atoms with E-state index in [-0.39, 0.29) is 22.8 Å². The molecule has 5 heteroatoms. The number of rotatable bonds is 5. The Bertz CT molecular complexity index is 800. The van der Waals surface area contributed by atoms with Gasteiger partial charge in [0.2, 0.25) is 5.91 Å². The molecule has 5 nitrogen and oxygen atoms in total. The molecule has 1 aliphatic carbocycles. The fourth-order valence-corrected chi connectivity index (χ4v) is 3.53. The van der Waals surface area contributed by atoms with Crippen molar-refractivity contribution in [3.8, 4) is 17.1 Å². The lowest BCUT2D eigenvalue weighted by atomic mass is 9.57. The summed E-state index contributed by atoms with van der Waals surface area (Å²) in [6.45, 7) is 10.3. The van der Waals surface area contributed by atoms with Crippen LogP contribution in [0.2, 0.25) is 0 Å². The minimum Gasteiger partial charge on any atom is -0.497 e. The molecule has 1 heterocycles. The molecule has 0 aliphatic heterocycles. The first-order valence-electron chi connectivity index (χ1n) is 9.52. The third-order valence-corrected chi connectivity index (χ3v) is 5.85. The smallest absolute Gasteiger partial charge is 0.225 e. The Morgan fingerprint density at radius 2 is 1.96 bits per heavy atom. The van der Waals surface area contributed by atoms with Crippen molar-refractivity contribution in [3.63, 3.8) is 0 Å². The van der Waals surface area contributed by atoms with Crippen molar-refractivity contribution in [2.24, 2.45) is 16.7 Å². The van der Waals surface area contributed by atoms with Crippen molar-refractivity contribution in [1.82, 2.24) is 10.5 Å². The van der Waals surface area contributed by atoms with Gasteiger partial charge in [-0.3, -0.25) is 4.79 Å². The van der Waals surface area contributed by atoms with Crippen LogP contribution in [0.15, 0.2) is 34.9 Å². The van der Waals surface area contributed by atoms with Crippen LogP contribution in [-0.4, -0.2) is 24.2 Å². The summed E-state index contributed by atoms with van der Waals surface area (Å²) >= 11 is 0. The normalized spacial score (nSPS) is 21.4. The number of ether oxygens (including phenoxy) is 1. The van der Waals surface area contributed by atoms with Crippen molar-refractivity contribution >= 4 is 5.91 Å². The zero-order valence-corrected chi connectivity index (χ0v) is 17.1. The molecule has 146 valence electrons.